The number of nitrogens with zero attached hydrogens (tertiary/aromatic N) is 1. The van der Waals surface area contributed by atoms with Crippen molar-refractivity contribution in [3.8, 4) is 0 Å². The van der Waals surface area contributed by atoms with Gasteiger partial charge in [0.25, 0.3) is 0 Å². The molecule has 0 saturated carbocycles. The predicted octanol–water partition coefficient (Wildman–Crippen LogP) is 0.453. The van der Waals surface area contributed by atoms with Gasteiger partial charge in [0, 0.05) is 33.9 Å². The molecule has 0 unspecified atom stereocenters. The smallest absolute Gasteiger partial charge is 0.224 e. The van der Waals surface area contributed by atoms with Crippen LogP contribution in [0.3, 0.4) is 0 Å². The Morgan fingerprint density at radius 1 is 1.47 bits per heavy atom. The second kappa shape index (κ2) is 7.63. The maximum Gasteiger partial charge on any atom is 0.224 e. The zero-order chi connectivity index (χ0) is 12.7. The summed E-state index contributed by atoms with van der Waals surface area (Å²) < 4.78 is 10.4. The van der Waals surface area contributed by atoms with E-state index in [4.69, 9.17) is 9.47 Å². The number of hydrogen-bond acceptors (Lipinski definition) is 4. The van der Waals surface area contributed by atoms with Crippen LogP contribution in [0.25, 0.3) is 0 Å². The molecular weight excluding hydrogens is 220 g/mol. The molecule has 0 bridgehead atoms. The van der Waals surface area contributed by atoms with Crippen molar-refractivity contribution in [2.24, 2.45) is 5.92 Å². The summed E-state index contributed by atoms with van der Waals surface area (Å²) in [6.45, 7) is 5.19. The second-order valence-electron chi connectivity index (χ2n) is 4.39. The first kappa shape index (κ1) is 14.4. The van der Waals surface area contributed by atoms with Crippen LogP contribution in [0.1, 0.15) is 19.8 Å². The quantitative estimate of drug-likeness (QED) is 0.689. The van der Waals surface area contributed by atoms with Crippen molar-refractivity contribution in [1.29, 1.82) is 0 Å². The average Bonchev–Trinajstić information content (AvgIpc) is 2.36. The monoisotopic (exact) mass is 244 g/mol. The highest BCUT2D eigenvalue weighted by atomic mass is 16.7. The molecule has 1 heterocycles. The standard InChI is InChI=1S/C12H24N2O3/c1-4-13-12(15)10-6-5-7-14(8-10)9-11(16-2)17-3/h10-11H,4-9H2,1-3H3,(H,13,15)/t10-/m0/s1. The highest BCUT2D eigenvalue weighted by Crippen LogP contribution is 2.17. The largest absolute Gasteiger partial charge is 0.356 e. The minimum absolute atomic E-state index is 0.109. The molecule has 1 rings (SSSR count). The zero-order valence-corrected chi connectivity index (χ0v) is 11.1. The normalized spacial score (nSPS) is 21.8. The van der Waals surface area contributed by atoms with E-state index in [0.29, 0.717) is 6.54 Å². The van der Waals surface area contributed by atoms with Crippen molar-refractivity contribution in [2.75, 3.05) is 40.4 Å². The molecule has 1 aliphatic heterocycles. The maximum atomic E-state index is 11.8. The van der Waals surface area contributed by atoms with Crippen molar-refractivity contribution in [3.05, 3.63) is 0 Å². The first-order chi connectivity index (χ1) is 8.21. The highest BCUT2D eigenvalue weighted by molar-refractivity contribution is 5.78. The summed E-state index contributed by atoms with van der Waals surface area (Å²) in [5.74, 6) is 0.279. The molecule has 1 N–H and O–H groups in total. The molecule has 0 radical (unpaired) electrons. The number of likely N-dealkylation sites (tertiary alicyclic amines) is 1. The van der Waals surface area contributed by atoms with E-state index in [1.165, 1.54) is 0 Å². The molecule has 1 atom stereocenters. The maximum absolute atomic E-state index is 11.8. The van der Waals surface area contributed by atoms with Gasteiger partial charge in [-0.15, -0.1) is 0 Å². The Balaban J connectivity index is 2.40. The van der Waals surface area contributed by atoms with E-state index < -0.39 is 0 Å². The van der Waals surface area contributed by atoms with Crippen LogP contribution < -0.4 is 5.32 Å². The number of carbonyl (C=O) groups is 1. The van der Waals surface area contributed by atoms with Gasteiger partial charge in [-0.2, -0.15) is 0 Å². The molecule has 17 heavy (non-hydrogen) atoms. The molecule has 1 saturated heterocycles. The van der Waals surface area contributed by atoms with Crippen LogP contribution in [-0.2, 0) is 14.3 Å². The third kappa shape index (κ3) is 4.61. The van der Waals surface area contributed by atoms with E-state index in [1.54, 1.807) is 14.2 Å². The predicted molar refractivity (Wildman–Crippen MR) is 65.7 cm³/mol. The summed E-state index contributed by atoms with van der Waals surface area (Å²) in [5, 5.41) is 2.89. The molecule has 0 aromatic heterocycles. The molecular formula is C12H24N2O3. The van der Waals surface area contributed by atoms with Gasteiger partial charge in [-0.05, 0) is 26.3 Å². The van der Waals surface area contributed by atoms with Crippen molar-refractivity contribution >= 4 is 5.91 Å². The topological polar surface area (TPSA) is 50.8 Å². The van der Waals surface area contributed by atoms with Gasteiger partial charge in [-0.1, -0.05) is 0 Å². The number of nitrogens with one attached hydrogen (secondary N) is 1. The highest BCUT2D eigenvalue weighted by Gasteiger charge is 2.26. The van der Waals surface area contributed by atoms with Crippen LogP contribution in [0.2, 0.25) is 0 Å². The van der Waals surface area contributed by atoms with Crippen LogP contribution in [0.4, 0.5) is 0 Å². The van der Waals surface area contributed by atoms with Gasteiger partial charge in [-0.25, -0.2) is 0 Å². The van der Waals surface area contributed by atoms with Gasteiger partial charge in [0.1, 0.15) is 0 Å². The lowest BCUT2D eigenvalue weighted by Gasteiger charge is -2.33. The number of carbonyl (C=O) groups excluding carboxylic acids is 1. The molecule has 1 amide bonds. The average molecular weight is 244 g/mol. The van der Waals surface area contributed by atoms with Gasteiger partial charge in [-0.3, -0.25) is 9.69 Å². The molecule has 1 fully saturated rings. The Hall–Kier alpha value is -0.650. The summed E-state index contributed by atoms with van der Waals surface area (Å²) in [4.78, 5) is 14.0. The van der Waals surface area contributed by atoms with E-state index in [-0.39, 0.29) is 18.1 Å². The minimum atomic E-state index is -0.206. The van der Waals surface area contributed by atoms with Crippen molar-refractivity contribution in [2.45, 2.75) is 26.1 Å². The lowest BCUT2D eigenvalue weighted by Crippen LogP contribution is -2.45. The molecule has 0 aromatic carbocycles. The van der Waals surface area contributed by atoms with Crippen molar-refractivity contribution in [1.82, 2.24) is 10.2 Å². The number of piperidine rings is 1. The third-order valence-electron chi connectivity index (χ3n) is 3.16. The third-order valence-corrected chi connectivity index (χ3v) is 3.16. The van der Waals surface area contributed by atoms with E-state index in [2.05, 4.69) is 10.2 Å². The Kier molecular flexibility index (Phi) is 6.47. The molecule has 5 nitrogen and oxygen atoms in total. The Morgan fingerprint density at radius 3 is 2.76 bits per heavy atom. The molecule has 0 aliphatic carbocycles. The molecule has 5 heteroatoms. The number of hydrogen-bond donors (Lipinski definition) is 1. The van der Waals surface area contributed by atoms with Crippen LogP contribution in [0, 0.1) is 5.92 Å². The Bertz CT molecular complexity index is 232. The Morgan fingerprint density at radius 2 is 2.18 bits per heavy atom. The van der Waals surface area contributed by atoms with Gasteiger partial charge >= 0.3 is 0 Å². The summed E-state index contributed by atoms with van der Waals surface area (Å²) in [6.07, 6.45) is 1.83. The summed E-state index contributed by atoms with van der Waals surface area (Å²) in [7, 11) is 3.28. The summed E-state index contributed by atoms with van der Waals surface area (Å²) >= 11 is 0. The van der Waals surface area contributed by atoms with Crippen molar-refractivity contribution < 1.29 is 14.3 Å². The minimum Gasteiger partial charge on any atom is -0.356 e. The number of ether oxygens (including phenoxy) is 2. The summed E-state index contributed by atoms with van der Waals surface area (Å²) in [5.41, 5.74) is 0. The van der Waals surface area contributed by atoms with Crippen LogP contribution in [-0.4, -0.2) is 57.5 Å². The van der Waals surface area contributed by atoms with Gasteiger partial charge < -0.3 is 14.8 Å². The fraction of sp³-hybridized carbons (Fsp3) is 0.917. The van der Waals surface area contributed by atoms with Crippen LogP contribution in [0.15, 0.2) is 0 Å². The molecule has 0 aromatic rings. The van der Waals surface area contributed by atoms with E-state index in [1.807, 2.05) is 6.92 Å². The first-order valence-electron chi connectivity index (χ1n) is 6.26. The molecule has 100 valence electrons. The van der Waals surface area contributed by atoms with Crippen molar-refractivity contribution in [3.63, 3.8) is 0 Å². The lowest BCUT2D eigenvalue weighted by atomic mass is 9.97. The van der Waals surface area contributed by atoms with E-state index >= 15 is 0 Å². The van der Waals surface area contributed by atoms with Gasteiger partial charge in [0.05, 0.1) is 5.92 Å². The van der Waals surface area contributed by atoms with Crippen LogP contribution >= 0.6 is 0 Å². The summed E-state index contributed by atoms with van der Waals surface area (Å²) in [6, 6.07) is 0. The SMILES string of the molecule is CCNC(=O)[C@H]1CCCN(CC(OC)OC)C1. The van der Waals surface area contributed by atoms with Crippen LogP contribution in [0.5, 0.6) is 0 Å². The van der Waals surface area contributed by atoms with Gasteiger partial charge in [0.15, 0.2) is 6.29 Å². The lowest BCUT2D eigenvalue weighted by molar-refractivity contribution is -0.132. The van der Waals surface area contributed by atoms with Gasteiger partial charge in [0.2, 0.25) is 5.91 Å². The Labute approximate surface area is 103 Å². The number of amides is 1. The fourth-order valence-electron chi connectivity index (χ4n) is 2.21. The zero-order valence-electron chi connectivity index (χ0n) is 11.1. The molecule has 1 aliphatic rings. The second-order valence-corrected chi connectivity index (χ2v) is 4.39. The van der Waals surface area contributed by atoms with E-state index in [0.717, 1.165) is 32.5 Å². The van der Waals surface area contributed by atoms with E-state index in [9.17, 15) is 4.79 Å². The fourth-order valence-corrected chi connectivity index (χ4v) is 2.21. The number of methoxy groups -OCH3 is 2. The molecule has 0 spiro atoms. The number of rotatable bonds is 6. The first-order valence-corrected chi connectivity index (χ1v) is 6.26.